The maximum Gasteiger partial charge on any atom is 0.434 e. The van der Waals surface area contributed by atoms with Crippen LogP contribution < -0.4 is 10.1 Å². The van der Waals surface area contributed by atoms with Gasteiger partial charge in [-0.2, -0.15) is 31.3 Å². The second-order valence-electron chi connectivity index (χ2n) is 3.07. The normalized spacial score (nSPS) is 12.7. The molecule has 0 fully saturated rings. The molecule has 4 nitrogen and oxygen atoms in total. The van der Waals surface area contributed by atoms with Crippen molar-refractivity contribution in [2.24, 2.45) is 0 Å². The fourth-order valence-electron chi connectivity index (χ4n) is 0.965. The molecule has 10 heteroatoms. The Morgan fingerprint density at radius 2 is 1.67 bits per heavy atom. The lowest BCUT2D eigenvalue weighted by atomic mass is 10.3. The molecule has 1 rings (SSSR count). The number of hydrogen-bond acceptors (Lipinski definition) is 4. The molecule has 0 saturated heterocycles. The summed E-state index contributed by atoms with van der Waals surface area (Å²) in [6, 6.07) is 0. The molecule has 18 heavy (non-hydrogen) atoms. The van der Waals surface area contributed by atoms with Crippen molar-refractivity contribution in [1.29, 1.82) is 0 Å². The Kier molecular flexibility index (Phi) is 3.87. The van der Waals surface area contributed by atoms with Gasteiger partial charge in [-0.15, -0.1) is 0 Å². The van der Waals surface area contributed by atoms with Crippen LogP contribution in [-0.2, 0) is 0 Å². The third kappa shape index (κ3) is 3.64. The fraction of sp³-hybridized carbons (Fsp3) is 0.500. The van der Waals surface area contributed by atoms with Crippen LogP contribution in [0.25, 0.3) is 0 Å². The maximum absolute atomic E-state index is 12.2. The molecule has 0 amide bonds. The Morgan fingerprint density at radius 3 is 2.11 bits per heavy atom. The van der Waals surface area contributed by atoms with Crippen molar-refractivity contribution in [1.82, 2.24) is 9.97 Å². The summed E-state index contributed by atoms with van der Waals surface area (Å²) in [5, 5.41) is 2.40. The summed E-state index contributed by atoms with van der Waals surface area (Å²) >= 11 is 0. The molecule has 0 aliphatic heterocycles. The average molecular weight is 275 g/mol. The van der Waals surface area contributed by atoms with E-state index in [1.54, 1.807) is 0 Å². The summed E-state index contributed by atoms with van der Waals surface area (Å²) in [7, 11) is 1.37. The Morgan fingerprint density at radius 1 is 1.11 bits per heavy atom. The summed E-state index contributed by atoms with van der Waals surface area (Å²) < 4.78 is 76.9. The van der Waals surface area contributed by atoms with E-state index in [0.29, 0.717) is 6.20 Å². The maximum atomic E-state index is 12.2. The molecule has 0 unspecified atom stereocenters. The molecule has 1 heterocycles. The van der Waals surface area contributed by atoms with Crippen molar-refractivity contribution in [3.63, 3.8) is 0 Å². The van der Waals surface area contributed by atoms with Crippen molar-refractivity contribution in [2.45, 2.75) is 18.5 Å². The van der Waals surface area contributed by atoms with E-state index >= 15 is 0 Å². The van der Waals surface area contributed by atoms with Gasteiger partial charge in [0.15, 0.2) is 0 Å². The molecule has 0 bridgehead atoms. The molecule has 0 radical (unpaired) electrons. The molecule has 0 spiro atoms. The molecular weight excluding hydrogens is 268 g/mol. The van der Waals surface area contributed by atoms with Gasteiger partial charge < -0.3 is 10.1 Å². The molecule has 1 aromatic rings. The van der Waals surface area contributed by atoms with E-state index < -0.39 is 24.3 Å². The minimum Gasteiger partial charge on any atom is -0.454 e. The highest BCUT2D eigenvalue weighted by Crippen LogP contribution is 2.35. The lowest BCUT2D eigenvalue weighted by molar-refractivity contribution is -0.300. The average Bonchev–Trinajstić information content (AvgIpc) is 2.23. The van der Waals surface area contributed by atoms with Crippen molar-refractivity contribution in [3.8, 4) is 5.88 Å². The fourth-order valence-corrected chi connectivity index (χ4v) is 0.965. The highest BCUT2D eigenvalue weighted by molar-refractivity contribution is 5.32. The minimum atomic E-state index is -5.59. The number of ether oxygens (including phenoxy) is 1. The van der Waals surface area contributed by atoms with Gasteiger partial charge in [-0.05, 0) is 0 Å². The molecule has 0 atom stereocenters. The zero-order chi connectivity index (χ0) is 14.0. The zero-order valence-electron chi connectivity index (χ0n) is 8.80. The summed E-state index contributed by atoms with van der Waals surface area (Å²) in [6.07, 6.45) is -13.3. The van der Waals surface area contributed by atoms with Gasteiger partial charge in [-0.3, -0.25) is 4.98 Å². The van der Waals surface area contributed by atoms with Crippen LogP contribution >= 0.6 is 0 Å². The number of aromatic nitrogens is 2. The van der Waals surface area contributed by atoms with Crippen LogP contribution in [0.2, 0.25) is 0 Å². The highest BCUT2D eigenvalue weighted by Gasteiger charge is 2.59. The molecule has 1 aromatic heterocycles. The number of anilines is 1. The first-order valence-electron chi connectivity index (χ1n) is 4.44. The molecule has 0 aliphatic carbocycles. The minimum absolute atomic E-state index is 0.0180. The molecule has 102 valence electrons. The quantitative estimate of drug-likeness (QED) is 0.860. The zero-order valence-corrected chi connectivity index (χ0v) is 8.80. The van der Waals surface area contributed by atoms with Crippen molar-refractivity contribution in [3.05, 3.63) is 12.4 Å². The topological polar surface area (TPSA) is 47.0 Å². The van der Waals surface area contributed by atoms with Gasteiger partial charge in [0.05, 0.1) is 12.4 Å². The van der Waals surface area contributed by atoms with Gasteiger partial charge in [-0.1, -0.05) is 0 Å². The molecule has 0 aliphatic rings. The van der Waals surface area contributed by atoms with Crippen LogP contribution in [0.3, 0.4) is 0 Å². The highest BCUT2D eigenvalue weighted by atomic mass is 19.4. The Bertz CT molecular complexity index is 391. The first-order valence-corrected chi connectivity index (χ1v) is 4.44. The van der Waals surface area contributed by atoms with Crippen LogP contribution in [0.4, 0.5) is 32.2 Å². The lowest BCUT2D eigenvalue weighted by Crippen LogP contribution is -2.46. The number of halogens is 6. The largest absolute Gasteiger partial charge is 0.454 e. The number of alkyl halides is 6. The van der Waals surface area contributed by atoms with Crippen molar-refractivity contribution >= 4 is 5.82 Å². The van der Waals surface area contributed by atoms with Gasteiger partial charge >= 0.3 is 12.4 Å². The first-order chi connectivity index (χ1) is 8.14. The summed E-state index contributed by atoms with van der Waals surface area (Å²) in [5.74, 6) is -0.892. The van der Waals surface area contributed by atoms with Crippen molar-refractivity contribution < 1.29 is 31.1 Å². The summed E-state index contributed by atoms with van der Waals surface area (Å²) in [6.45, 7) is 0. The van der Waals surface area contributed by atoms with E-state index in [2.05, 4.69) is 20.0 Å². The van der Waals surface area contributed by atoms with E-state index in [1.807, 2.05) is 0 Å². The molecular formula is C8H7F6N3O. The first kappa shape index (κ1) is 14.3. The smallest absolute Gasteiger partial charge is 0.434 e. The predicted molar refractivity (Wildman–Crippen MR) is 48.1 cm³/mol. The Labute approximate surface area is 97.0 Å². The van der Waals surface area contributed by atoms with Crippen molar-refractivity contribution in [2.75, 3.05) is 12.4 Å². The standard InChI is InChI=1S/C8H7F6N3O/c1-15-4-2-16-3-5(17-4)18-6(7(9,10)11)8(12,13)14/h2-3,6H,1H3,(H,15,17). The van der Waals surface area contributed by atoms with Gasteiger partial charge in [0.25, 0.3) is 6.10 Å². The third-order valence-corrected chi connectivity index (χ3v) is 1.70. The Hall–Kier alpha value is -1.74. The van der Waals surface area contributed by atoms with Gasteiger partial charge in [0, 0.05) is 7.05 Å². The third-order valence-electron chi connectivity index (χ3n) is 1.70. The van der Waals surface area contributed by atoms with Crippen LogP contribution in [0, 0.1) is 0 Å². The van der Waals surface area contributed by atoms with Crippen LogP contribution in [0.15, 0.2) is 12.4 Å². The molecule has 1 N–H and O–H groups in total. The van der Waals surface area contributed by atoms with Crippen LogP contribution in [0.5, 0.6) is 5.88 Å². The van der Waals surface area contributed by atoms with E-state index in [-0.39, 0.29) is 5.82 Å². The second-order valence-corrected chi connectivity index (χ2v) is 3.07. The van der Waals surface area contributed by atoms with Gasteiger partial charge in [0.1, 0.15) is 5.82 Å². The van der Waals surface area contributed by atoms with Gasteiger partial charge in [-0.25, -0.2) is 0 Å². The summed E-state index contributed by atoms with van der Waals surface area (Å²) in [4.78, 5) is 6.75. The SMILES string of the molecule is CNc1cncc(OC(C(F)(F)F)C(F)(F)F)n1. The monoisotopic (exact) mass is 275 g/mol. The van der Waals surface area contributed by atoms with E-state index in [0.717, 1.165) is 6.20 Å². The number of nitrogens with one attached hydrogen (secondary N) is 1. The van der Waals surface area contributed by atoms with E-state index in [1.165, 1.54) is 7.05 Å². The summed E-state index contributed by atoms with van der Waals surface area (Å²) in [5.41, 5.74) is 0. The Balaban J connectivity index is 2.97. The second kappa shape index (κ2) is 4.86. The number of rotatable bonds is 3. The van der Waals surface area contributed by atoms with Crippen LogP contribution in [0.1, 0.15) is 0 Å². The molecule has 0 saturated carbocycles. The van der Waals surface area contributed by atoms with E-state index in [4.69, 9.17) is 0 Å². The predicted octanol–water partition coefficient (Wildman–Crippen LogP) is 2.39. The number of hydrogen-bond donors (Lipinski definition) is 1. The number of nitrogens with zero attached hydrogens (tertiary/aromatic N) is 2. The lowest BCUT2D eigenvalue weighted by Gasteiger charge is -2.23. The van der Waals surface area contributed by atoms with E-state index in [9.17, 15) is 26.3 Å². The van der Waals surface area contributed by atoms with Gasteiger partial charge in [0.2, 0.25) is 5.88 Å². The molecule has 0 aromatic carbocycles. The van der Waals surface area contributed by atoms with Crippen LogP contribution in [-0.4, -0.2) is 35.5 Å².